The fourth-order valence-electron chi connectivity index (χ4n) is 4.22. The molecule has 0 heterocycles. The number of phosphoric ester groups is 1. The summed E-state index contributed by atoms with van der Waals surface area (Å²) in [6.45, 7) is 13.9. The van der Waals surface area contributed by atoms with Gasteiger partial charge in [-0.15, -0.1) is 9.24 Å². The Morgan fingerprint density at radius 1 is 0.647 bits per heavy atom. The van der Waals surface area contributed by atoms with E-state index in [-0.39, 0.29) is 13.2 Å². The molecular weight excluding hydrogens is 462 g/mol. The van der Waals surface area contributed by atoms with Gasteiger partial charge in [-0.3, -0.25) is 9.05 Å². The van der Waals surface area contributed by atoms with Crippen molar-refractivity contribution in [2.45, 2.75) is 162 Å². The van der Waals surface area contributed by atoms with Crippen molar-refractivity contribution in [2.75, 3.05) is 13.2 Å². The second-order valence-corrected chi connectivity index (χ2v) is 12.6. The largest absolute Gasteiger partial charge is 0.472 e. The maximum absolute atomic E-state index is 11.1. The molecule has 0 aliphatic rings. The van der Waals surface area contributed by atoms with E-state index in [0.29, 0.717) is 5.16 Å². The summed E-state index contributed by atoms with van der Waals surface area (Å²) in [7, 11) is -0.404. The highest BCUT2D eigenvalue weighted by molar-refractivity contribution is 7.47. The van der Waals surface area contributed by atoms with Crippen LogP contribution in [0.25, 0.3) is 0 Å². The maximum atomic E-state index is 11.1. The van der Waals surface area contributed by atoms with Gasteiger partial charge in [-0.1, -0.05) is 119 Å². The number of phosphoric acid groups is 1. The lowest BCUT2D eigenvalue weighted by atomic mass is 9.77. The van der Waals surface area contributed by atoms with Gasteiger partial charge in [-0.05, 0) is 49.6 Å². The molecule has 1 N–H and O–H groups in total. The van der Waals surface area contributed by atoms with E-state index in [1.807, 2.05) is 13.8 Å². The summed E-state index contributed by atoms with van der Waals surface area (Å²) in [5.74, 6) is 0.942. The first-order valence-corrected chi connectivity index (χ1v) is 16.7. The summed E-state index contributed by atoms with van der Waals surface area (Å²) < 4.78 is 20.5. The van der Waals surface area contributed by atoms with E-state index in [1.54, 1.807) is 0 Å². The number of unbranched alkanes of at least 4 members (excludes halogenated alkanes) is 8. The molecule has 0 aromatic carbocycles. The van der Waals surface area contributed by atoms with Gasteiger partial charge in [-0.2, -0.15) is 0 Å². The van der Waals surface area contributed by atoms with Crippen LogP contribution in [-0.2, 0) is 13.6 Å². The molecule has 34 heavy (non-hydrogen) atoms. The Morgan fingerprint density at radius 2 is 1.06 bits per heavy atom. The molecule has 0 radical (unpaired) electrons. The van der Waals surface area contributed by atoms with Crippen molar-refractivity contribution in [3.63, 3.8) is 0 Å². The Bertz CT molecular complexity index is 438. The molecule has 2 atom stereocenters. The van der Waals surface area contributed by atoms with E-state index >= 15 is 0 Å². The lowest BCUT2D eigenvalue weighted by Crippen LogP contribution is -2.32. The van der Waals surface area contributed by atoms with Crippen LogP contribution in [0, 0.1) is 5.92 Å². The van der Waals surface area contributed by atoms with E-state index in [4.69, 9.17) is 13.9 Å². The van der Waals surface area contributed by atoms with E-state index in [9.17, 15) is 4.57 Å². The maximum Gasteiger partial charge on any atom is 0.472 e. The van der Waals surface area contributed by atoms with Crippen molar-refractivity contribution in [1.29, 1.82) is 0 Å². The molecule has 0 fully saturated rings. The molecule has 0 aliphatic heterocycles. The first-order valence-electron chi connectivity index (χ1n) is 14.7. The Hall–Kier alpha value is 0.540. The minimum absolute atomic E-state index is 0.288. The predicted molar refractivity (Wildman–Crippen MR) is 155 cm³/mol. The Kier molecular flexibility index (Phi) is 27.2. The van der Waals surface area contributed by atoms with Gasteiger partial charge in [0.2, 0.25) is 0 Å². The molecule has 6 heteroatoms. The molecule has 0 aliphatic carbocycles. The molecular formula is C28H62O4P2. The normalized spacial score (nSPS) is 12.9. The highest BCUT2D eigenvalue weighted by atomic mass is 31.2. The highest BCUT2D eigenvalue weighted by Gasteiger charge is 2.32. The van der Waals surface area contributed by atoms with Crippen LogP contribution in [0.15, 0.2) is 0 Å². The van der Waals surface area contributed by atoms with Crippen LogP contribution in [0.3, 0.4) is 0 Å². The van der Waals surface area contributed by atoms with Crippen LogP contribution in [0.4, 0.5) is 0 Å². The zero-order valence-corrected chi connectivity index (χ0v) is 26.0. The SMILES string of the molecule is CCCCCCC(CCCC)C(P)(CCCC)CCCC.CCCCOP(=O)(O)OCCCC. The number of rotatable bonds is 23. The van der Waals surface area contributed by atoms with Crippen molar-refractivity contribution >= 4 is 17.1 Å². The molecule has 208 valence electrons. The molecule has 0 saturated carbocycles. The number of hydrogen-bond donors (Lipinski definition) is 1. The standard InChI is InChI=1S/C20H43P.C8H19O4P/c1-5-9-13-14-16-19(15-10-6-2)20(21,17-11-7-3)18-12-8-4;1-3-5-7-11-13(9,10)12-8-6-4-2/h19H,5-18,21H2,1-4H3;3-8H2,1-2H3,(H,9,10). The molecule has 4 nitrogen and oxygen atoms in total. The Morgan fingerprint density at radius 3 is 1.47 bits per heavy atom. The highest BCUT2D eigenvalue weighted by Crippen LogP contribution is 2.44. The summed E-state index contributed by atoms with van der Waals surface area (Å²) in [5.41, 5.74) is 0. The van der Waals surface area contributed by atoms with E-state index in [1.165, 1.54) is 89.9 Å². The van der Waals surface area contributed by atoms with Gasteiger partial charge in [0.25, 0.3) is 0 Å². The third kappa shape index (κ3) is 21.8. The Labute approximate surface area is 216 Å². The summed E-state index contributed by atoms with van der Waals surface area (Å²) in [5, 5.41) is 0.535. The van der Waals surface area contributed by atoms with Crippen LogP contribution in [0.5, 0.6) is 0 Å². The van der Waals surface area contributed by atoms with Gasteiger partial charge in [0, 0.05) is 0 Å². The summed E-state index contributed by atoms with van der Waals surface area (Å²) >= 11 is 0. The first-order chi connectivity index (χ1) is 16.3. The fraction of sp³-hybridized carbons (Fsp3) is 1.00. The lowest BCUT2D eigenvalue weighted by molar-refractivity contribution is 0.146. The molecule has 2 unspecified atom stereocenters. The van der Waals surface area contributed by atoms with Gasteiger partial charge in [0.15, 0.2) is 0 Å². The third-order valence-electron chi connectivity index (χ3n) is 6.62. The van der Waals surface area contributed by atoms with Crippen molar-refractivity contribution in [2.24, 2.45) is 5.92 Å². The molecule has 0 aromatic heterocycles. The lowest BCUT2D eigenvalue weighted by Gasteiger charge is -2.39. The van der Waals surface area contributed by atoms with Crippen molar-refractivity contribution in [3.05, 3.63) is 0 Å². The molecule has 0 bridgehead atoms. The van der Waals surface area contributed by atoms with E-state index in [2.05, 4.69) is 36.9 Å². The molecule has 0 rings (SSSR count). The fourth-order valence-corrected chi connectivity index (χ4v) is 5.75. The third-order valence-corrected chi connectivity index (χ3v) is 8.69. The number of hydrogen-bond acceptors (Lipinski definition) is 3. The minimum Gasteiger partial charge on any atom is -0.302 e. The minimum atomic E-state index is -3.75. The average molecular weight is 525 g/mol. The Balaban J connectivity index is 0. The van der Waals surface area contributed by atoms with Gasteiger partial charge >= 0.3 is 7.82 Å². The average Bonchev–Trinajstić information content (AvgIpc) is 2.81. The van der Waals surface area contributed by atoms with Crippen molar-refractivity contribution < 1.29 is 18.5 Å². The van der Waals surface area contributed by atoms with Crippen molar-refractivity contribution in [3.8, 4) is 0 Å². The first kappa shape index (κ1) is 36.7. The van der Waals surface area contributed by atoms with Crippen LogP contribution >= 0.6 is 17.1 Å². The van der Waals surface area contributed by atoms with Crippen LogP contribution < -0.4 is 0 Å². The topological polar surface area (TPSA) is 55.8 Å². The second-order valence-electron chi connectivity index (χ2n) is 9.97. The van der Waals surface area contributed by atoms with Gasteiger partial charge in [0.05, 0.1) is 13.2 Å². The smallest absolute Gasteiger partial charge is 0.302 e. The molecule has 0 spiro atoms. The van der Waals surface area contributed by atoms with Gasteiger partial charge < -0.3 is 4.89 Å². The van der Waals surface area contributed by atoms with Gasteiger partial charge in [-0.25, -0.2) is 4.57 Å². The van der Waals surface area contributed by atoms with Crippen molar-refractivity contribution in [1.82, 2.24) is 0 Å². The summed E-state index contributed by atoms with van der Waals surface area (Å²) in [6, 6.07) is 0. The van der Waals surface area contributed by atoms with Crippen LogP contribution in [0.1, 0.15) is 157 Å². The summed E-state index contributed by atoms with van der Waals surface area (Å²) in [6.07, 6.45) is 23.2. The summed E-state index contributed by atoms with van der Waals surface area (Å²) in [4.78, 5) is 9.08. The van der Waals surface area contributed by atoms with Crippen LogP contribution in [-0.4, -0.2) is 23.3 Å². The van der Waals surface area contributed by atoms with Crippen LogP contribution in [0.2, 0.25) is 0 Å². The monoisotopic (exact) mass is 524 g/mol. The van der Waals surface area contributed by atoms with E-state index < -0.39 is 7.82 Å². The molecule has 0 aromatic rings. The molecule has 0 amide bonds. The second kappa shape index (κ2) is 25.2. The zero-order chi connectivity index (χ0) is 26.1. The predicted octanol–water partition coefficient (Wildman–Crippen LogP) is 10.5. The molecule has 0 saturated heterocycles. The van der Waals surface area contributed by atoms with E-state index in [0.717, 1.165) is 31.6 Å². The van der Waals surface area contributed by atoms with Gasteiger partial charge in [0.1, 0.15) is 0 Å². The quantitative estimate of drug-likeness (QED) is 0.107. The zero-order valence-electron chi connectivity index (χ0n) is 23.9.